The average Bonchev–Trinajstić information content (AvgIpc) is 2.49. The number of rotatable bonds is 3. The summed E-state index contributed by atoms with van der Waals surface area (Å²) in [6, 6.07) is 0. The third kappa shape index (κ3) is 1.82. The quantitative estimate of drug-likeness (QED) is 0.535. The summed E-state index contributed by atoms with van der Waals surface area (Å²) in [6.45, 7) is -0.474. The van der Waals surface area contributed by atoms with Gasteiger partial charge < -0.3 is 19.9 Å². The Morgan fingerprint density at radius 1 is 1.58 bits per heavy atom. The summed E-state index contributed by atoms with van der Waals surface area (Å²) in [7, 11) is 1.76. The highest BCUT2D eigenvalue weighted by Gasteiger charge is 2.19. The molecule has 0 radical (unpaired) electrons. The lowest BCUT2D eigenvalue weighted by Gasteiger charge is -2.12. The van der Waals surface area contributed by atoms with Crippen molar-refractivity contribution in [2.45, 2.75) is 12.2 Å². The Morgan fingerprint density at radius 2 is 2.25 bits per heavy atom. The van der Waals surface area contributed by atoms with E-state index >= 15 is 0 Å². The van der Waals surface area contributed by atoms with Crippen LogP contribution in [0.1, 0.15) is 11.8 Å². The summed E-state index contributed by atoms with van der Waals surface area (Å²) in [5, 5.41) is 26.9. The SMILES string of the molecule is Cn1cnc(C(O)C(O)CO)c1. The molecule has 5 nitrogen and oxygen atoms in total. The van der Waals surface area contributed by atoms with Crippen LogP contribution in [0.25, 0.3) is 0 Å². The molecule has 0 saturated heterocycles. The zero-order chi connectivity index (χ0) is 9.14. The number of aryl methyl sites for hydroxylation is 1. The van der Waals surface area contributed by atoms with Crippen LogP contribution in [0.4, 0.5) is 0 Å². The molecule has 1 aromatic rings. The topological polar surface area (TPSA) is 78.5 Å². The van der Waals surface area contributed by atoms with Crippen molar-refractivity contribution in [3.8, 4) is 0 Å². The van der Waals surface area contributed by atoms with Crippen molar-refractivity contribution in [1.82, 2.24) is 9.55 Å². The molecule has 1 rings (SSSR count). The molecule has 5 heteroatoms. The maximum Gasteiger partial charge on any atom is 0.126 e. The minimum atomic E-state index is -1.17. The van der Waals surface area contributed by atoms with Crippen LogP contribution in [0.5, 0.6) is 0 Å². The van der Waals surface area contributed by atoms with E-state index in [-0.39, 0.29) is 0 Å². The second kappa shape index (κ2) is 3.66. The van der Waals surface area contributed by atoms with Gasteiger partial charge in [-0.3, -0.25) is 0 Å². The van der Waals surface area contributed by atoms with Gasteiger partial charge >= 0.3 is 0 Å². The zero-order valence-electron chi connectivity index (χ0n) is 6.75. The first kappa shape index (κ1) is 9.18. The van der Waals surface area contributed by atoms with E-state index in [4.69, 9.17) is 10.2 Å². The maximum atomic E-state index is 9.32. The molecule has 0 aromatic carbocycles. The van der Waals surface area contributed by atoms with Gasteiger partial charge in [-0.2, -0.15) is 0 Å². The van der Waals surface area contributed by atoms with Crippen LogP contribution in [0, 0.1) is 0 Å². The second-order valence-electron chi connectivity index (χ2n) is 2.66. The number of aliphatic hydroxyl groups is 3. The molecule has 0 fully saturated rings. The average molecular weight is 172 g/mol. The number of hydrogen-bond donors (Lipinski definition) is 3. The fraction of sp³-hybridized carbons (Fsp3) is 0.571. The molecule has 0 aliphatic rings. The standard InChI is InChI=1S/C7H12N2O3/c1-9-2-5(8-4-9)7(12)6(11)3-10/h2,4,6-7,10-12H,3H2,1H3. The van der Waals surface area contributed by atoms with E-state index in [9.17, 15) is 5.11 Å². The summed E-state index contributed by atoms with van der Waals surface area (Å²) in [6.07, 6.45) is 0.822. The number of imidazole rings is 1. The first-order chi connectivity index (χ1) is 5.65. The first-order valence-corrected chi connectivity index (χ1v) is 3.60. The van der Waals surface area contributed by atoms with Gasteiger partial charge in [0.15, 0.2) is 0 Å². The van der Waals surface area contributed by atoms with Gasteiger partial charge in [0.05, 0.1) is 18.6 Å². The van der Waals surface area contributed by atoms with E-state index in [0.717, 1.165) is 0 Å². The van der Waals surface area contributed by atoms with Gasteiger partial charge in [0, 0.05) is 13.2 Å². The third-order valence-corrected chi connectivity index (χ3v) is 1.58. The van der Waals surface area contributed by atoms with Gasteiger partial charge in [0.25, 0.3) is 0 Å². The van der Waals surface area contributed by atoms with Crippen molar-refractivity contribution in [3.05, 3.63) is 18.2 Å². The van der Waals surface area contributed by atoms with Gasteiger partial charge in [-0.25, -0.2) is 4.98 Å². The molecular weight excluding hydrogens is 160 g/mol. The summed E-state index contributed by atoms with van der Waals surface area (Å²) in [5.41, 5.74) is 0.360. The number of aromatic nitrogens is 2. The molecule has 0 saturated carbocycles. The summed E-state index contributed by atoms with van der Waals surface area (Å²) < 4.78 is 1.66. The normalized spacial score (nSPS) is 16.0. The van der Waals surface area contributed by atoms with E-state index in [0.29, 0.717) is 5.69 Å². The highest BCUT2D eigenvalue weighted by Crippen LogP contribution is 2.13. The number of aliphatic hydroxyl groups excluding tert-OH is 3. The molecule has 0 bridgehead atoms. The Hall–Kier alpha value is -0.910. The third-order valence-electron chi connectivity index (χ3n) is 1.58. The van der Waals surface area contributed by atoms with Crippen molar-refractivity contribution < 1.29 is 15.3 Å². The molecule has 0 spiro atoms. The summed E-state index contributed by atoms with van der Waals surface area (Å²) in [4.78, 5) is 3.83. The molecule has 1 aromatic heterocycles. The molecule has 12 heavy (non-hydrogen) atoms. The molecule has 68 valence electrons. The Kier molecular flexibility index (Phi) is 2.80. The lowest BCUT2D eigenvalue weighted by Crippen LogP contribution is -2.22. The first-order valence-electron chi connectivity index (χ1n) is 3.60. The molecule has 2 unspecified atom stereocenters. The Labute approximate surface area is 69.9 Å². The zero-order valence-corrected chi connectivity index (χ0v) is 6.75. The summed E-state index contributed by atoms with van der Waals surface area (Å²) >= 11 is 0. The van der Waals surface area contributed by atoms with Gasteiger partial charge in [-0.15, -0.1) is 0 Å². The molecular formula is C7H12N2O3. The molecule has 0 amide bonds. The minimum Gasteiger partial charge on any atom is -0.394 e. The van der Waals surface area contributed by atoms with Crippen LogP contribution in [0.15, 0.2) is 12.5 Å². The van der Waals surface area contributed by atoms with E-state index < -0.39 is 18.8 Å². The van der Waals surface area contributed by atoms with Crippen LogP contribution in [-0.2, 0) is 7.05 Å². The van der Waals surface area contributed by atoms with Crippen LogP contribution >= 0.6 is 0 Å². The number of nitrogens with zero attached hydrogens (tertiary/aromatic N) is 2. The smallest absolute Gasteiger partial charge is 0.126 e. The second-order valence-corrected chi connectivity index (χ2v) is 2.66. The lowest BCUT2D eigenvalue weighted by atomic mass is 10.2. The lowest BCUT2D eigenvalue weighted by molar-refractivity contribution is -0.0171. The predicted molar refractivity (Wildman–Crippen MR) is 41.3 cm³/mol. The van der Waals surface area contributed by atoms with Crippen LogP contribution in [0.2, 0.25) is 0 Å². The van der Waals surface area contributed by atoms with E-state index in [2.05, 4.69) is 4.98 Å². The van der Waals surface area contributed by atoms with E-state index in [1.54, 1.807) is 17.8 Å². The number of hydrogen-bond acceptors (Lipinski definition) is 4. The fourth-order valence-corrected chi connectivity index (χ4v) is 0.883. The molecule has 2 atom stereocenters. The molecule has 0 aliphatic heterocycles. The largest absolute Gasteiger partial charge is 0.394 e. The van der Waals surface area contributed by atoms with E-state index in [1.165, 1.54) is 6.33 Å². The Bertz CT molecular complexity index is 249. The van der Waals surface area contributed by atoms with Gasteiger partial charge in [-0.05, 0) is 0 Å². The predicted octanol–water partition coefficient (Wildman–Crippen LogP) is -1.19. The van der Waals surface area contributed by atoms with Crippen LogP contribution < -0.4 is 0 Å². The molecule has 1 heterocycles. The van der Waals surface area contributed by atoms with Gasteiger partial charge in [0.1, 0.15) is 12.2 Å². The van der Waals surface area contributed by atoms with Crippen LogP contribution in [0.3, 0.4) is 0 Å². The minimum absolute atomic E-state index is 0.360. The highest BCUT2D eigenvalue weighted by atomic mass is 16.4. The Balaban J connectivity index is 2.70. The molecule has 0 aliphatic carbocycles. The van der Waals surface area contributed by atoms with Crippen molar-refractivity contribution >= 4 is 0 Å². The van der Waals surface area contributed by atoms with Crippen LogP contribution in [-0.4, -0.2) is 37.6 Å². The summed E-state index contributed by atoms with van der Waals surface area (Å²) in [5.74, 6) is 0. The fourth-order valence-electron chi connectivity index (χ4n) is 0.883. The maximum absolute atomic E-state index is 9.32. The van der Waals surface area contributed by atoms with Crippen molar-refractivity contribution in [3.63, 3.8) is 0 Å². The highest BCUT2D eigenvalue weighted by molar-refractivity contribution is 5.02. The molecule has 3 N–H and O–H groups in total. The Morgan fingerprint density at radius 3 is 2.67 bits per heavy atom. The van der Waals surface area contributed by atoms with Gasteiger partial charge in [0.2, 0.25) is 0 Å². The van der Waals surface area contributed by atoms with Crippen molar-refractivity contribution in [2.75, 3.05) is 6.61 Å². The van der Waals surface area contributed by atoms with Crippen molar-refractivity contribution in [1.29, 1.82) is 0 Å². The van der Waals surface area contributed by atoms with E-state index in [1.807, 2.05) is 0 Å². The van der Waals surface area contributed by atoms with Gasteiger partial charge in [-0.1, -0.05) is 0 Å². The van der Waals surface area contributed by atoms with Crippen molar-refractivity contribution in [2.24, 2.45) is 7.05 Å². The monoisotopic (exact) mass is 172 g/mol.